The van der Waals surface area contributed by atoms with Gasteiger partial charge >= 0.3 is 12.1 Å². The van der Waals surface area contributed by atoms with Crippen molar-refractivity contribution in [2.45, 2.75) is 44.8 Å². The summed E-state index contributed by atoms with van der Waals surface area (Å²) in [7, 11) is 1.24. The molecule has 1 aliphatic heterocycles. The molecule has 0 aliphatic carbocycles. The summed E-state index contributed by atoms with van der Waals surface area (Å²) >= 11 is 0. The van der Waals surface area contributed by atoms with Gasteiger partial charge in [0.1, 0.15) is 5.60 Å². The second kappa shape index (κ2) is 5.14. The monoisotopic (exact) mass is 259 g/mol. The molecule has 0 radical (unpaired) electrons. The third kappa shape index (κ3) is 2.75. The first-order chi connectivity index (χ1) is 8.27. The van der Waals surface area contributed by atoms with Gasteiger partial charge in [-0.15, -0.1) is 0 Å². The number of hydrogen-bond donors (Lipinski definition) is 1. The molecule has 1 N–H and O–H groups in total. The van der Waals surface area contributed by atoms with Crippen molar-refractivity contribution in [2.24, 2.45) is 0 Å². The zero-order valence-electron chi connectivity index (χ0n) is 11.4. The Morgan fingerprint density at radius 2 is 2.00 bits per heavy atom. The molecule has 0 spiro atoms. The van der Waals surface area contributed by atoms with Crippen LogP contribution in [0.4, 0.5) is 4.79 Å². The normalized spacial score (nSPS) is 23.9. The van der Waals surface area contributed by atoms with E-state index in [0.717, 1.165) is 0 Å². The fraction of sp³-hybridized carbons (Fsp3) is 0.833. The van der Waals surface area contributed by atoms with E-state index >= 15 is 0 Å². The van der Waals surface area contributed by atoms with Crippen LogP contribution in [0.5, 0.6) is 0 Å². The molecule has 1 saturated heterocycles. The number of aliphatic hydroxyl groups is 1. The number of ether oxygens (including phenoxy) is 2. The molecular weight excluding hydrogens is 238 g/mol. The van der Waals surface area contributed by atoms with Gasteiger partial charge in [-0.05, 0) is 33.6 Å². The molecule has 1 unspecified atom stereocenters. The number of methoxy groups -OCH3 is 1. The van der Waals surface area contributed by atoms with Gasteiger partial charge < -0.3 is 14.6 Å². The van der Waals surface area contributed by atoms with E-state index in [9.17, 15) is 14.7 Å². The number of nitrogens with zero attached hydrogens (tertiary/aromatic N) is 1. The molecule has 0 bridgehead atoms. The maximum absolute atomic E-state index is 12.0. The van der Waals surface area contributed by atoms with Gasteiger partial charge in [-0.1, -0.05) is 0 Å². The number of carbonyl (C=O) groups is 2. The first-order valence-electron chi connectivity index (χ1n) is 5.97. The molecule has 1 heterocycles. The van der Waals surface area contributed by atoms with Crippen LogP contribution in [-0.2, 0) is 14.3 Å². The molecule has 1 rings (SSSR count). The number of carbonyl (C=O) groups excluding carboxylic acids is 2. The van der Waals surface area contributed by atoms with Gasteiger partial charge in [0.25, 0.3) is 0 Å². The van der Waals surface area contributed by atoms with Gasteiger partial charge in [-0.2, -0.15) is 0 Å². The summed E-state index contributed by atoms with van der Waals surface area (Å²) in [6.07, 6.45) is 0.420. The summed E-state index contributed by atoms with van der Waals surface area (Å²) in [4.78, 5) is 25.1. The lowest BCUT2D eigenvalue weighted by Crippen LogP contribution is -2.57. The topological polar surface area (TPSA) is 76.1 Å². The van der Waals surface area contributed by atoms with E-state index in [-0.39, 0.29) is 0 Å². The summed E-state index contributed by atoms with van der Waals surface area (Å²) in [5, 5.41) is 9.49. The van der Waals surface area contributed by atoms with Crippen LogP contribution >= 0.6 is 0 Å². The van der Waals surface area contributed by atoms with Crippen molar-refractivity contribution < 1.29 is 24.2 Å². The Morgan fingerprint density at radius 1 is 1.39 bits per heavy atom. The number of hydrogen-bond acceptors (Lipinski definition) is 5. The number of esters is 1. The third-order valence-corrected chi connectivity index (χ3v) is 2.93. The Morgan fingerprint density at radius 3 is 2.44 bits per heavy atom. The zero-order chi connectivity index (χ0) is 14.0. The van der Waals surface area contributed by atoms with Crippen molar-refractivity contribution in [3.63, 3.8) is 0 Å². The van der Waals surface area contributed by atoms with E-state index in [0.29, 0.717) is 19.4 Å². The first-order valence-corrected chi connectivity index (χ1v) is 5.97. The van der Waals surface area contributed by atoms with Crippen LogP contribution in [0.1, 0.15) is 33.6 Å². The van der Waals surface area contributed by atoms with Gasteiger partial charge in [0.05, 0.1) is 13.7 Å². The molecule has 0 aromatic carbocycles. The van der Waals surface area contributed by atoms with Gasteiger partial charge in [0, 0.05) is 6.54 Å². The lowest BCUT2D eigenvalue weighted by atomic mass is 9.98. The van der Waals surface area contributed by atoms with E-state index in [2.05, 4.69) is 0 Å². The van der Waals surface area contributed by atoms with Crippen molar-refractivity contribution in [3.05, 3.63) is 0 Å². The van der Waals surface area contributed by atoms with E-state index in [1.165, 1.54) is 12.0 Å². The number of rotatable bonds is 2. The maximum atomic E-state index is 12.0. The molecule has 1 fully saturated rings. The minimum Gasteiger partial charge on any atom is -0.467 e. The molecule has 1 atom stereocenters. The highest BCUT2D eigenvalue weighted by atomic mass is 16.6. The third-order valence-electron chi connectivity index (χ3n) is 2.93. The molecular formula is C12H21NO5. The average Bonchev–Trinajstić information content (AvgIpc) is 2.70. The van der Waals surface area contributed by atoms with Gasteiger partial charge in [0.15, 0.2) is 5.54 Å². The average molecular weight is 259 g/mol. The van der Waals surface area contributed by atoms with Crippen LogP contribution < -0.4 is 0 Å². The molecule has 1 aliphatic rings. The molecule has 104 valence electrons. The molecule has 1 amide bonds. The fourth-order valence-corrected chi connectivity index (χ4v) is 2.09. The van der Waals surface area contributed by atoms with Gasteiger partial charge in [-0.25, -0.2) is 9.59 Å². The highest BCUT2D eigenvalue weighted by Gasteiger charge is 2.51. The lowest BCUT2D eigenvalue weighted by molar-refractivity contribution is -0.155. The molecule has 0 aromatic heterocycles. The van der Waals surface area contributed by atoms with Crippen LogP contribution in [0.2, 0.25) is 0 Å². The van der Waals surface area contributed by atoms with Crippen molar-refractivity contribution >= 4 is 12.1 Å². The number of aliphatic hydroxyl groups excluding tert-OH is 1. The number of amides is 1. The van der Waals surface area contributed by atoms with Crippen LogP contribution in [0.15, 0.2) is 0 Å². The van der Waals surface area contributed by atoms with Crippen molar-refractivity contribution in [2.75, 3.05) is 20.3 Å². The summed E-state index contributed by atoms with van der Waals surface area (Å²) < 4.78 is 9.93. The van der Waals surface area contributed by atoms with Crippen LogP contribution in [0.25, 0.3) is 0 Å². The van der Waals surface area contributed by atoms with E-state index in [1.54, 1.807) is 20.8 Å². The summed E-state index contributed by atoms with van der Waals surface area (Å²) in [5.41, 5.74) is -1.94. The predicted molar refractivity (Wildman–Crippen MR) is 64.0 cm³/mol. The van der Waals surface area contributed by atoms with Crippen LogP contribution in [0, 0.1) is 0 Å². The van der Waals surface area contributed by atoms with E-state index in [4.69, 9.17) is 9.47 Å². The highest BCUT2D eigenvalue weighted by molar-refractivity contribution is 5.86. The largest absolute Gasteiger partial charge is 0.467 e. The van der Waals surface area contributed by atoms with Gasteiger partial charge in [-0.3, -0.25) is 4.90 Å². The lowest BCUT2D eigenvalue weighted by Gasteiger charge is -2.35. The highest BCUT2D eigenvalue weighted by Crippen LogP contribution is 2.31. The smallest absolute Gasteiger partial charge is 0.411 e. The minimum absolute atomic E-state index is 0.380. The Balaban J connectivity index is 2.93. The van der Waals surface area contributed by atoms with E-state index in [1.807, 2.05) is 0 Å². The van der Waals surface area contributed by atoms with Crippen molar-refractivity contribution in [1.82, 2.24) is 4.90 Å². The second-order valence-corrected chi connectivity index (χ2v) is 5.42. The van der Waals surface area contributed by atoms with Crippen LogP contribution in [-0.4, -0.2) is 53.5 Å². The fourth-order valence-electron chi connectivity index (χ4n) is 2.09. The molecule has 6 nitrogen and oxygen atoms in total. The summed E-state index contributed by atoms with van der Waals surface area (Å²) in [6, 6.07) is 0. The molecule has 18 heavy (non-hydrogen) atoms. The Labute approximate surface area is 107 Å². The Hall–Kier alpha value is -1.30. The van der Waals surface area contributed by atoms with Crippen LogP contribution in [0.3, 0.4) is 0 Å². The predicted octanol–water partition coefficient (Wildman–Crippen LogP) is 0.921. The standard InChI is InChI=1S/C12H21NO5/c1-11(2,3)18-10(16)13-7-5-6-12(13,8-14)9(15)17-4/h14H,5-8H2,1-4H3. The van der Waals surface area contributed by atoms with Crippen molar-refractivity contribution in [1.29, 1.82) is 0 Å². The van der Waals surface area contributed by atoms with Gasteiger partial charge in [0.2, 0.25) is 0 Å². The molecule has 0 aromatic rings. The van der Waals surface area contributed by atoms with Crippen molar-refractivity contribution in [3.8, 4) is 0 Å². The molecule has 6 heteroatoms. The quantitative estimate of drug-likeness (QED) is 0.746. The number of likely N-dealkylation sites (tertiary alicyclic amines) is 1. The minimum atomic E-state index is -1.29. The maximum Gasteiger partial charge on any atom is 0.411 e. The zero-order valence-corrected chi connectivity index (χ0v) is 11.4. The summed E-state index contributed by atoms with van der Waals surface area (Å²) in [5.74, 6) is -0.603. The second-order valence-electron chi connectivity index (χ2n) is 5.42. The van der Waals surface area contributed by atoms with E-state index < -0.39 is 29.8 Å². The SMILES string of the molecule is COC(=O)C1(CO)CCCN1C(=O)OC(C)(C)C. The first kappa shape index (κ1) is 14.8. The summed E-state index contributed by atoms with van der Waals surface area (Å²) in [6.45, 7) is 5.17. The Bertz CT molecular complexity index is 336. The Kier molecular flexibility index (Phi) is 4.21. The molecule has 0 saturated carbocycles.